The summed E-state index contributed by atoms with van der Waals surface area (Å²) >= 11 is 0.952. The number of aliphatic hydroxyl groups excluding tert-OH is 1. The highest BCUT2D eigenvalue weighted by Gasteiger charge is 2.61. The maximum Gasteiger partial charge on any atom is 0.350 e. The highest BCUT2D eigenvalue weighted by atomic mass is 32.1. The lowest BCUT2D eigenvalue weighted by molar-refractivity contribution is -0.144. The molecule has 2 aromatic rings. The minimum atomic E-state index is -1.91. The van der Waals surface area contributed by atoms with Gasteiger partial charge >= 0.3 is 5.97 Å². The number of rotatable bonds is 5. The fourth-order valence-corrected chi connectivity index (χ4v) is 7.49. The second-order valence-electron chi connectivity index (χ2n) is 12.5. The Hall–Kier alpha value is -3.40. The lowest BCUT2D eigenvalue weighted by Gasteiger charge is -2.36. The highest BCUT2D eigenvalue weighted by molar-refractivity contribution is 7.17. The fraction of sp³-hybridized carbons (Fsp3) is 0.455. The van der Waals surface area contributed by atoms with Crippen molar-refractivity contribution in [3.8, 4) is 0 Å². The van der Waals surface area contributed by atoms with Crippen LogP contribution >= 0.6 is 11.3 Å². The van der Waals surface area contributed by atoms with Crippen LogP contribution < -0.4 is 5.32 Å². The first kappa shape index (κ1) is 30.1. The van der Waals surface area contributed by atoms with E-state index in [1.54, 1.807) is 19.9 Å². The first-order valence-electron chi connectivity index (χ1n) is 14.3. The number of hydrogen-bond acceptors (Lipinski definition) is 8. The Morgan fingerprint density at radius 1 is 1.24 bits per heavy atom. The van der Waals surface area contributed by atoms with Crippen LogP contribution in [0.3, 0.4) is 0 Å². The van der Waals surface area contributed by atoms with E-state index in [1.807, 2.05) is 36.4 Å². The summed E-state index contributed by atoms with van der Waals surface area (Å²) in [6.07, 6.45) is 5.51. The van der Waals surface area contributed by atoms with Crippen LogP contribution in [-0.2, 0) is 14.3 Å². The van der Waals surface area contributed by atoms with E-state index in [9.17, 15) is 24.6 Å². The maximum atomic E-state index is 13.7. The molecular weight excluding hydrogens is 552 g/mol. The molecule has 0 aliphatic heterocycles. The number of nitrogens with one attached hydrogen (secondary N) is 1. The molecule has 1 amide bonds. The first-order valence-corrected chi connectivity index (χ1v) is 15.2. The van der Waals surface area contributed by atoms with Gasteiger partial charge in [0.15, 0.2) is 10.9 Å². The van der Waals surface area contributed by atoms with Crippen LogP contribution in [-0.4, -0.2) is 50.7 Å². The number of ether oxygens (including phenoxy) is 1. The Kier molecular flexibility index (Phi) is 8.13. The quantitative estimate of drug-likeness (QED) is 0.248. The molecule has 5 rings (SSSR count). The van der Waals surface area contributed by atoms with Gasteiger partial charge in [0.25, 0.3) is 0 Å². The Balaban J connectivity index is 1.37. The molecule has 2 saturated carbocycles. The molecule has 0 unspecified atom stereocenters. The molecule has 8 nitrogen and oxygen atoms in total. The van der Waals surface area contributed by atoms with Crippen LogP contribution in [0, 0.1) is 29.1 Å². The van der Waals surface area contributed by atoms with Crippen molar-refractivity contribution in [2.45, 2.75) is 64.8 Å². The third kappa shape index (κ3) is 5.65. The number of esters is 1. The smallest absolute Gasteiger partial charge is 0.350 e. The fourth-order valence-electron chi connectivity index (χ4n) is 6.79. The van der Waals surface area contributed by atoms with Gasteiger partial charge in [0.1, 0.15) is 16.6 Å². The van der Waals surface area contributed by atoms with Gasteiger partial charge in [-0.1, -0.05) is 75.1 Å². The van der Waals surface area contributed by atoms with E-state index in [0.717, 1.165) is 23.3 Å². The van der Waals surface area contributed by atoms with Crippen molar-refractivity contribution in [2.75, 3.05) is 5.32 Å². The number of anilines is 1. The Labute approximate surface area is 250 Å². The van der Waals surface area contributed by atoms with E-state index >= 15 is 0 Å². The number of ketones is 1. The monoisotopic (exact) mass is 590 g/mol. The lowest BCUT2D eigenvalue weighted by atomic mass is 9.77. The number of benzene rings is 1. The summed E-state index contributed by atoms with van der Waals surface area (Å²) < 4.78 is 5.98. The van der Waals surface area contributed by atoms with Gasteiger partial charge in [-0.2, -0.15) is 0 Å². The van der Waals surface area contributed by atoms with Crippen molar-refractivity contribution in [1.29, 1.82) is 0 Å². The molecule has 42 heavy (non-hydrogen) atoms. The number of hydrogen-bond donors (Lipinski definition) is 3. The summed E-state index contributed by atoms with van der Waals surface area (Å²) in [4.78, 5) is 43.8. The summed E-state index contributed by atoms with van der Waals surface area (Å²) in [6, 6.07) is 9.37. The van der Waals surface area contributed by atoms with Crippen molar-refractivity contribution >= 4 is 40.2 Å². The van der Waals surface area contributed by atoms with E-state index < -0.39 is 47.3 Å². The van der Waals surface area contributed by atoms with Gasteiger partial charge < -0.3 is 14.9 Å². The number of allylic oxidation sites excluding steroid dienone is 1. The van der Waals surface area contributed by atoms with Crippen LogP contribution in [0.1, 0.15) is 62.2 Å². The van der Waals surface area contributed by atoms with Gasteiger partial charge in [-0.15, -0.1) is 0 Å². The molecule has 3 N–H and O–H groups in total. The molecule has 0 spiro atoms. The third-order valence-corrected chi connectivity index (χ3v) is 10.3. The van der Waals surface area contributed by atoms with Crippen LogP contribution in [0.2, 0.25) is 0 Å². The summed E-state index contributed by atoms with van der Waals surface area (Å²) in [5.74, 6) is -2.51. The number of amides is 1. The number of thiazole rings is 1. The normalized spacial score (nSPS) is 33.6. The predicted molar refractivity (Wildman–Crippen MR) is 162 cm³/mol. The average molecular weight is 591 g/mol. The molecule has 3 aliphatic rings. The van der Waals surface area contributed by atoms with Gasteiger partial charge in [-0.05, 0) is 72.1 Å². The standard InChI is InChI=1S/C33H38N2O6S/c1-18-11-13-22-23(32(22,4)5)15-19(2)29(38)33(40)16-20(3)27(37)26(33)28(18)41-30(39)24-17-34-31(42-24)35-25(36)14-12-21-9-7-6-8-10-21/h6-10,12,14-15,17,20,22-23,26-28,37,40H,1,11,13,16H2,2-5H3,(H,34,35,36)/b14-12+,19-15+/t20-,22-,23+,26+,27-,28-,33+/m0/s1. The van der Waals surface area contributed by atoms with Gasteiger partial charge in [0.05, 0.1) is 18.2 Å². The van der Waals surface area contributed by atoms with Gasteiger partial charge in [-0.25, -0.2) is 9.78 Å². The van der Waals surface area contributed by atoms with Crippen molar-refractivity contribution in [2.24, 2.45) is 29.1 Å². The molecular formula is C33H38N2O6S. The summed E-state index contributed by atoms with van der Waals surface area (Å²) in [5, 5.41) is 26.0. The molecule has 222 valence electrons. The topological polar surface area (TPSA) is 126 Å². The second kappa shape index (κ2) is 11.4. The highest BCUT2D eigenvalue weighted by Crippen LogP contribution is 2.62. The summed E-state index contributed by atoms with van der Waals surface area (Å²) in [7, 11) is 0. The zero-order valence-electron chi connectivity index (χ0n) is 24.4. The molecule has 2 fully saturated rings. The molecule has 1 heterocycles. The van der Waals surface area contributed by atoms with E-state index in [2.05, 4.69) is 30.7 Å². The van der Waals surface area contributed by atoms with Crippen LogP contribution in [0.25, 0.3) is 6.08 Å². The van der Waals surface area contributed by atoms with Crippen LogP contribution in [0.15, 0.2) is 66.4 Å². The minimum absolute atomic E-state index is 0.0114. The van der Waals surface area contributed by atoms with E-state index in [0.29, 0.717) is 23.5 Å². The molecule has 1 aromatic heterocycles. The number of aliphatic hydroxyl groups is 2. The second-order valence-corrected chi connectivity index (χ2v) is 13.6. The molecule has 0 bridgehead atoms. The number of fused-ring (bicyclic) bond motifs is 2. The summed E-state index contributed by atoms with van der Waals surface area (Å²) in [6.45, 7) is 12.1. The Morgan fingerprint density at radius 3 is 2.67 bits per heavy atom. The van der Waals surface area contributed by atoms with E-state index in [1.165, 1.54) is 12.3 Å². The van der Waals surface area contributed by atoms with E-state index in [4.69, 9.17) is 4.74 Å². The van der Waals surface area contributed by atoms with Crippen LogP contribution in [0.4, 0.5) is 5.13 Å². The predicted octanol–water partition coefficient (Wildman–Crippen LogP) is 5.21. The molecule has 0 radical (unpaired) electrons. The number of aromatic nitrogens is 1. The molecule has 0 saturated heterocycles. The maximum absolute atomic E-state index is 13.7. The average Bonchev–Trinajstić information content (AvgIpc) is 3.23. The Morgan fingerprint density at radius 2 is 1.95 bits per heavy atom. The SMILES string of the molecule is C=C1CC[C@H]2[C@@H](/C=C(\C)C(=O)[C@@]3(O)C[C@H](C)[C@H](O)[C@@H]3[C@H]1OC(=O)c1cnc(NC(=O)/C=C/c3ccccc3)s1)C2(C)C. The first-order chi connectivity index (χ1) is 19.8. The van der Waals surface area contributed by atoms with E-state index in [-0.39, 0.29) is 27.8 Å². The summed E-state index contributed by atoms with van der Waals surface area (Å²) in [5.41, 5.74) is -0.0170. The van der Waals surface area contributed by atoms with Crippen molar-refractivity contribution in [3.63, 3.8) is 0 Å². The number of carbonyl (C=O) groups is 3. The van der Waals surface area contributed by atoms with Crippen LogP contribution in [0.5, 0.6) is 0 Å². The molecule has 1 aromatic carbocycles. The zero-order chi connectivity index (χ0) is 30.4. The van der Waals surface area contributed by atoms with Crippen molar-refractivity contribution in [1.82, 2.24) is 4.98 Å². The Bertz CT molecular complexity index is 1460. The van der Waals surface area contributed by atoms with Gasteiger partial charge in [-0.3, -0.25) is 14.9 Å². The molecule has 7 atom stereocenters. The largest absolute Gasteiger partial charge is 0.453 e. The zero-order valence-corrected chi connectivity index (χ0v) is 25.2. The number of Topliss-reactive ketones (excluding diaryl/α,β-unsaturated/α-hetero) is 1. The van der Waals surface area contributed by atoms with Crippen molar-refractivity contribution in [3.05, 3.63) is 76.8 Å². The molecule has 9 heteroatoms. The lowest BCUT2D eigenvalue weighted by Crippen LogP contribution is -2.52. The van der Waals surface area contributed by atoms with Gasteiger partial charge in [0.2, 0.25) is 5.91 Å². The number of carbonyl (C=O) groups excluding carboxylic acids is 3. The third-order valence-electron chi connectivity index (χ3n) is 9.36. The minimum Gasteiger partial charge on any atom is -0.453 e. The van der Waals surface area contributed by atoms with Crippen molar-refractivity contribution < 1.29 is 29.3 Å². The number of nitrogens with zero attached hydrogens (tertiary/aromatic N) is 1. The molecule has 3 aliphatic carbocycles. The van der Waals surface area contributed by atoms with Gasteiger partial charge in [0, 0.05) is 6.08 Å².